The number of nitrogens with zero attached hydrogens (tertiary/aromatic N) is 2. The van der Waals surface area contributed by atoms with Crippen LogP contribution in [0.15, 0.2) is 30.5 Å². The number of halogens is 1. The number of rotatable bonds is 6. The molecule has 3 rings (SSSR count). The summed E-state index contributed by atoms with van der Waals surface area (Å²) >= 11 is 0. The third-order valence-corrected chi connectivity index (χ3v) is 5.16. The molecule has 2 heterocycles. The van der Waals surface area contributed by atoms with E-state index in [0.717, 1.165) is 34.8 Å². The van der Waals surface area contributed by atoms with Gasteiger partial charge in [0.15, 0.2) is 0 Å². The molecule has 0 bridgehead atoms. The number of methoxy groups -OCH3 is 1. The summed E-state index contributed by atoms with van der Waals surface area (Å²) in [6.45, 7) is 6.85. The van der Waals surface area contributed by atoms with Gasteiger partial charge < -0.3 is 15.2 Å². The summed E-state index contributed by atoms with van der Waals surface area (Å²) in [6.07, 6.45) is 3.80. The normalized spacial score (nSPS) is 21.8. The summed E-state index contributed by atoms with van der Waals surface area (Å²) in [5, 5.41) is 14.9. The van der Waals surface area contributed by atoms with E-state index in [2.05, 4.69) is 29.0 Å². The largest absolute Gasteiger partial charge is 0.497 e. The highest BCUT2D eigenvalue weighted by Gasteiger charge is 2.24. The Morgan fingerprint density at radius 1 is 1.38 bits per heavy atom. The molecule has 0 aliphatic carbocycles. The molecule has 0 amide bonds. The van der Waals surface area contributed by atoms with E-state index in [1.165, 1.54) is 12.8 Å². The third kappa shape index (κ3) is 5.00. The maximum absolute atomic E-state index is 10.5. The molecule has 144 valence electrons. The Morgan fingerprint density at radius 2 is 2.19 bits per heavy atom. The molecule has 3 atom stereocenters. The zero-order valence-corrected chi connectivity index (χ0v) is 16.6. The molecule has 6 heteroatoms. The predicted molar refractivity (Wildman–Crippen MR) is 109 cm³/mol. The summed E-state index contributed by atoms with van der Waals surface area (Å²) in [5.74, 6) is 1.58. The zero-order valence-electron chi connectivity index (χ0n) is 15.8. The van der Waals surface area contributed by atoms with Gasteiger partial charge in [-0.1, -0.05) is 13.0 Å². The van der Waals surface area contributed by atoms with Crippen LogP contribution in [0.3, 0.4) is 0 Å². The van der Waals surface area contributed by atoms with E-state index >= 15 is 0 Å². The van der Waals surface area contributed by atoms with Crippen molar-refractivity contribution in [3.63, 3.8) is 0 Å². The van der Waals surface area contributed by atoms with Gasteiger partial charge in [0.1, 0.15) is 5.75 Å². The first-order valence-electron chi connectivity index (χ1n) is 9.15. The minimum Gasteiger partial charge on any atom is -0.497 e. The first-order chi connectivity index (χ1) is 12.1. The SMILES string of the molecule is COc1cc(NCC(O)CN2CCC(C)CC2C)c2ncccc2c1.Cl. The van der Waals surface area contributed by atoms with Crippen LogP contribution in [0.4, 0.5) is 5.69 Å². The molecule has 1 fully saturated rings. The van der Waals surface area contributed by atoms with Crippen molar-refractivity contribution in [3.8, 4) is 5.75 Å². The number of aliphatic hydroxyl groups is 1. The fourth-order valence-electron chi connectivity index (χ4n) is 3.71. The number of pyridine rings is 1. The zero-order chi connectivity index (χ0) is 17.8. The number of benzene rings is 1. The van der Waals surface area contributed by atoms with Crippen molar-refractivity contribution >= 4 is 29.0 Å². The molecule has 26 heavy (non-hydrogen) atoms. The van der Waals surface area contributed by atoms with E-state index in [4.69, 9.17) is 4.74 Å². The van der Waals surface area contributed by atoms with Crippen LogP contribution in [0.1, 0.15) is 26.7 Å². The minimum atomic E-state index is -0.416. The summed E-state index contributed by atoms with van der Waals surface area (Å²) in [7, 11) is 1.66. The Hall–Kier alpha value is -1.56. The van der Waals surface area contributed by atoms with Crippen LogP contribution in [0.25, 0.3) is 10.9 Å². The van der Waals surface area contributed by atoms with Gasteiger partial charge in [-0.2, -0.15) is 0 Å². The van der Waals surface area contributed by atoms with Crippen LogP contribution in [-0.4, -0.2) is 53.9 Å². The second-order valence-electron chi connectivity index (χ2n) is 7.26. The van der Waals surface area contributed by atoms with Crippen LogP contribution >= 0.6 is 12.4 Å². The van der Waals surface area contributed by atoms with Gasteiger partial charge in [-0.15, -0.1) is 12.4 Å². The smallest absolute Gasteiger partial charge is 0.121 e. The third-order valence-electron chi connectivity index (χ3n) is 5.16. The number of hydrogen-bond acceptors (Lipinski definition) is 5. The maximum Gasteiger partial charge on any atom is 0.121 e. The quantitative estimate of drug-likeness (QED) is 0.803. The molecule has 1 aromatic carbocycles. The molecule has 5 nitrogen and oxygen atoms in total. The fourth-order valence-corrected chi connectivity index (χ4v) is 3.71. The van der Waals surface area contributed by atoms with Crippen LogP contribution in [0, 0.1) is 5.92 Å². The van der Waals surface area contributed by atoms with E-state index in [9.17, 15) is 5.11 Å². The first kappa shape index (κ1) is 20.7. The van der Waals surface area contributed by atoms with E-state index in [-0.39, 0.29) is 12.4 Å². The number of aromatic nitrogens is 1. The van der Waals surface area contributed by atoms with Gasteiger partial charge in [-0.25, -0.2) is 0 Å². The van der Waals surface area contributed by atoms with Crippen molar-refractivity contribution in [2.24, 2.45) is 5.92 Å². The van der Waals surface area contributed by atoms with Gasteiger partial charge in [0, 0.05) is 36.8 Å². The van der Waals surface area contributed by atoms with Gasteiger partial charge in [-0.05, 0) is 44.4 Å². The number of β-amino-alcohol motifs (C(OH)–C–C–N with tert-alkyl or cyclic N) is 1. The number of ether oxygens (including phenoxy) is 1. The lowest BCUT2D eigenvalue weighted by Crippen LogP contribution is -2.45. The van der Waals surface area contributed by atoms with E-state index in [1.54, 1.807) is 13.3 Å². The number of anilines is 1. The number of fused-ring (bicyclic) bond motifs is 1. The highest BCUT2D eigenvalue weighted by molar-refractivity contribution is 5.91. The summed E-state index contributed by atoms with van der Waals surface area (Å²) < 4.78 is 5.38. The summed E-state index contributed by atoms with van der Waals surface area (Å²) in [6, 6.07) is 8.38. The number of piperidine rings is 1. The monoisotopic (exact) mass is 379 g/mol. The lowest BCUT2D eigenvalue weighted by atomic mass is 9.93. The van der Waals surface area contributed by atoms with E-state index < -0.39 is 6.10 Å². The highest BCUT2D eigenvalue weighted by Crippen LogP contribution is 2.28. The maximum atomic E-state index is 10.5. The molecular formula is C20H30ClN3O2. The van der Waals surface area contributed by atoms with Gasteiger partial charge in [0.2, 0.25) is 0 Å². The van der Waals surface area contributed by atoms with Gasteiger partial charge >= 0.3 is 0 Å². The molecule has 0 spiro atoms. The Bertz CT molecular complexity index is 713. The molecule has 1 aliphatic rings. The van der Waals surface area contributed by atoms with Gasteiger partial charge in [0.25, 0.3) is 0 Å². The van der Waals surface area contributed by atoms with Crippen molar-refractivity contribution in [1.29, 1.82) is 0 Å². The van der Waals surface area contributed by atoms with Crippen LogP contribution in [-0.2, 0) is 0 Å². The van der Waals surface area contributed by atoms with Gasteiger partial charge in [-0.3, -0.25) is 9.88 Å². The highest BCUT2D eigenvalue weighted by atomic mass is 35.5. The Kier molecular flexibility index (Phi) is 7.50. The molecule has 3 unspecified atom stereocenters. The Labute approximate surface area is 162 Å². The van der Waals surface area contributed by atoms with Crippen LogP contribution in [0.5, 0.6) is 5.75 Å². The molecule has 2 aromatic rings. The number of nitrogens with one attached hydrogen (secondary N) is 1. The lowest BCUT2D eigenvalue weighted by Gasteiger charge is -2.37. The Morgan fingerprint density at radius 3 is 2.92 bits per heavy atom. The lowest BCUT2D eigenvalue weighted by molar-refractivity contribution is 0.0661. The fraction of sp³-hybridized carbons (Fsp3) is 0.550. The van der Waals surface area contributed by atoms with Crippen LogP contribution < -0.4 is 10.1 Å². The number of aliphatic hydroxyl groups excluding tert-OH is 1. The average molecular weight is 380 g/mol. The summed E-state index contributed by atoms with van der Waals surface area (Å²) in [5.41, 5.74) is 1.80. The topological polar surface area (TPSA) is 57.6 Å². The molecular weight excluding hydrogens is 350 g/mol. The number of likely N-dealkylation sites (tertiary alicyclic amines) is 1. The molecule has 0 radical (unpaired) electrons. The van der Waals surface area contributed by atoms with Gasteiger partial charge in [0.05, 0.1) is 24.4 Å². The van der Waals surface area contributed by atoms with Crippen LogP contribution in [0.2, 0.25) is 0 Å². The van der Waals surface area contributed by atoms with E-state index in [1.807, 2.05) is 24.3 Å². The van der Waals surface area contributed by atoms with Crippen molar-refractivity contribution in [2.75, 3.05) is 32.1 Å². The molecule has 1 saturated heterocycles. The summed E-state index contributed by atoms with van der Waals surface area (Å²) in [4.78, 5) is 6.86. The first-order valence-corrected chi connectivity index (χ1v) is 9.15. The van der Waals surface area contributed by atoms with E-state index in [0.29, 0.717) is 19.1 Å². The Balaban J connectivity index is 0.00000243. The molecule has 0 saturated carbocycles. The molecule has 1 aliphatic heterocycles. The van der Waals surface area contributed by atoms with Crippen molar-refractivity contribution in [2.45, 2.75) is 38.8 Å². The average Bonchev–Trinajstić information content (AvgIpc) is 2.61. The predicted octanol–water partition coefficient (Wildman–Crippen LogP) is 3.56. The van der Waals surface area contributed by atoms with Crippen molar-refractivity contribution in [3.05, 3.63) is 30.5 Å². The number of hydrogen-bond donors (Lipinski definition) is 2. The minimum absolute atomic E-state index is 0. The second-order valence-corrected chi connectivity index (χ2v) is 7.26. The standard InChI is InChI=1S/C20H29N3O2.ClH/c1-14-6-8-23(15(2)9-14)13-17(24)12-22-19-11-18(25-3)10-16-5-4-7-21-20(16)19;/h4-5,7,10-11,14-15,17,22,24H,6,8-9,12-13H2,1-3H3;1H. The van der Waals surface area contributed by atoms with Crippen molar-refractivity contribution in [1.82, 2.24) is 9.88 Å². The molecule has 2 N–H and O–H groups in total. The van der Waals surface area contributed by atoms with Crippen molar-refractivity contribution < 1.29 is 9.84 Å². The second kappa shape index (κ2) is 9.40. The molecule has 1 aromatic heterocycles.